The van der Waals surface area contributed by atoms with Crippen molar-refractivity contribution in [2.75, 3.05) is 0 Å². The third-order valence-electron chi connectivity index (χ3n) is 6.67. The average molecular weight is 365 g/mol. The van der Waals surface area contributed by atoms with Gasteiger partial charge in [-0.3, -0.25) is 0 Å². The van der Waals surface area contributed by atoms with Crippen LogP contribution in [0.4, 0.5) is 0 Å². The summed E-state index contributed by atoms with van der Waals surface area (Å²) in [5.74, 6) is 1.44. The van der Waals surface area contributed by atoms with Crippen LogP contribution in [0, 0.1) is 22.7 Å². The van der Waals surface area contributed by atoms with Gasteiger partial charge in [0.25, 0.3) is 0 Å². The first-order valence-corrected chi connectivity index (χ1v) is 9.60. The molecule has 2 fully saturated rings. The van der Waals surface area contributed by atoms with Crippen LogP contribution in [0.1, 0.15) is 69.7 Å². The molecule has 2 aliphatic carbocycles. The molecule has 0 saturated heterocycles. The van der Waals surface area contributed by atoms with Crippen molar-refractivity contribution in [3.8, 4) is 0 Å². The van der Waals surface area contributed by atoms with Crippen molar-refractivity contribution in [1.29, 1.82) is 0 Å². The van der Waals surface area contributed by atoms with E-state index in [1.165, 1.54) is 43.2 Å². The van der Waals surface area contributed by atoms with Crippen molar-refractivity contribution >= 4 is 15.9 Å². The second-order valence-corrected chi connectivity index (χ2v) is 9.52. The predicted octanol–water partition coefficient (Wildman–Crippen LogP) is 6.90. The standard InChI is InChI=1S/C20H29BrO/c1-14-6-7-18-19(2,3)9-5-10-20(18,4)16(14)12-17(21)15-8-11-22-13-15/h8,11,13,16-18H,1,5-7,9-10,12H2,2-4H3/t16-,17?,18-,20+/m0/s1. The fourth-order valence-corrected chi connectivity index (χ4v) is 6.14. The van der Waals surface area contributed by atoms with Crippen LogP contribution in [0.25, 0.3) is 0 Å². The molecule has 0 aliphatic heterocycles. The molecular formula is C20H29BrO. The van der Waals surface area contributed by atoms with E-state index in [1.807, 2.05) is 6.26 Å². The van der Waals surface area contributed by atoms with E-state index in [2.05, 4.69) is 49.3 Å². The SMILES string of the molecule is C=C1CC[C@H]2C(C)(C)CCC[C@]2(C)[C@H]1CC(Br)c1ccoc1. The summed E-state index contributed by atoms with van der Waals surface area (Å²) in [4.78, 5) is 0.369. The van der Waals surface area contributed by atoms with Gasteiger partial charge >= 0.3 is 0 Å². The van der Waals surface area contributed by atoms with E-state index >= 15 is 0 Å². The van der Waals surface area contributed by atoms with E-state index in [0.29, 0.717) is 21.6 Å². The summed E-state index contributed by atoms with van der Waals surface area (Å²) in [7, 11) is 0. The van der Waals surface area contributed by atoms with Crippen molar-refractivity contribution < 1.29 is 4.42 Å². The highest BCUT2D eigenvalue weighted by Gasteiger charge is 2.52. The van der Waals surface area contributed by atoms with Crippen molar-refractivity contribution in [3.05, 3.63) is 36.3 Å². The van der Waals surface area contributed by atoms with Crippen LogP contribution in [0.5, 0.6) is 0 Å². The Morgan fingerprint density at radius 2 is 2.14 bits per heavy atom. The normalized spacial score (nSPS) is 35.9. The Morgan fingerprint density at radius 1 is 1.36 bits per heavy atom. The van der Waals surface area contributed by atoms with Crippen LogP contribution in [0.15, 0.2) is 35.2 Å². The van der Waals surface area contributed by atoms with Gasteiger partial charge in [-0.25, -0.2) is 0 Å². The Morgan fingerprint density at radius 3 is 2.82 bits per heavy atom. The van der Waals surface area contributed by atoms with Gasteiger partial charge < -0.3 is 4.42 Å². The largest absolute Gasteiger partial charge is 0.472 e. The highest BCUT2D eigenvalue weighted by Crippen LogP contribution is 2.62. The first-order valence-electron chi connectivity index (χ1n) is 8.68. The van der Waals surface area contributed by atoms with Crippen LogP contribution in [-0.4, -0.2) is 0 Å². The molecule has 0 spiro atoms. The zero-order valence-electron chi connectivity index (χ0n) is 14.2. The Bertz CT molecular complexity index is 530. The number of rotatable bonds is 3. The second-order valence-electron chi connectivity index (χ2n) is 8.41. The van der Waals surface area contributed by atoms with Crippen LogP contribution < -0.4 is 0 Å². The van der Waals surface area contributed by atoms with E-state index in [0.717, 1.165) is 12.3 Å². The Balaban J connectivity index is 1.86. The predicted molar refractivity (Wildman–Crippen MR) is 96.1 cm³/mol. The monoisotopic (exact) mass is 364 g/mol. The second kappa shape index (κ2) is 5.85. The number of hydrogen-bond acceptors (Lipinski definition) is 1. The first kappa shape index (κ1) is 16.4. The first-order chi connectivity index (χ1) is 10.3. The molecule has 0 bridgehead atoms. The summed E-state index contributed by atoms with van der Waals surface area (Å²) in [6.07, 6.45) is 11.4. The lowest BCUT2D eigenvalue weighted by molar-refractivity contribution is -0.0539. The van der Waals surface area contributed by atoms with Gasteiger partial charge in [0.1, 0.15) is 0 Å². The lowest BCUT2D eigenvalue weighted by atomic mass is 9.47. The molecule has 1 unspecified atom stereocenters. The molecule has 2 saturated carbocycles. The summed E-state index contributed by atoms with van der Waals surface area (Å²) >= 11 is 3.90. The molecule has 1 nitrogen and oxygen atoms in total. The maximum Gasteiger partial charge on any atom is 0.0945 e. The zero-order valence-corrected chi connectivity index (χ0v) is 15.8. The lowest BCUT2D eigenvalue weighted by Gasteiger charge is -2.58. The van der Waals surface area contributed by atoms with Gasteiger partial charge in [0.05, 0.1) is 12.5 Å². The minimum Gasteiger partial charge on any atom is -0.472 e. The smallest absolute Gasteiger partial charge is 0.0945 e. The molecule has 0 amide bonds. The minimum atomic E-state index is 0.369. The van der Waals surface area contributed by atoms with Gasteiger partial charge in [0.2, 0.25) is 0 Å². The number of fused-ring (bicyclic) bond motifs is 1. The van der Waals surface area contributed by atoms with Crippen LogP contribution in [0.2, 0.25) is 0 Å². The number of allylic oxidation sites excluding steroid dienone is 1. The van der Waals surface area contributed by atoms with Gasteiger partial charge in [0.15, 0.2) is 0 Å². The zero-order chi connectivity index (χ0) is 16.0. The molecule has 1 heterocycles. The average Bonchev–Trinajstić information content (AvgIpc) is 2.96. The summed E-state index contributed by atoms with van der Waals surface area (Å²) in [5.41, 5.74) is 3.62. The Labute approximate surface area is 143 Å². The third-order valence-corrected chi connectivity index (χ3v) is 7.57. The van der Waals surface area contributed by atoms with Crippen molar-refractivity contribution in [2.45, 2.75) is 64.1 Å². The van der Waals surface area contributed by atoms with Crippen molar-refractivity contribution in [1.82, 2.24) is 0 Å². The van der Waals surface area contributed by atoms with E-state index in [-0.39, 0.29) is 0 Å². The van der Waals surface area contributed by atoms with Crippen LogP contribution in [0.3, 0.4) is 0 Å². The highest BCUT2D eigenvalue weighted by molar-refractivity contribution is 9.09. The third kappa shape index (κ3) is 2.72. The number of alkyl halides is 1. The Kier molecular flexibility index (Phi) is 4.35. The van der Waals surface area contributed by atoms with E-state index in [4.69, 9.17) is 4.42 Å². The molecule has 0 aromatic carbocycles. The molecule has 1 aromatic rings. The molecule has 0 radical (unpaired) electrons. The van der Waals surface area contributed by atoms with Crippen LogP contribution in [-0.2, 0) is 0 Å². The van der Waals surface area contributed by atoms with Gasteiger partial charge in [-0.15, -0.1) is 0 Å². The summed E-state index contributed by atoms with van der Waals surface area (Å²) in [5, 5.41) is 0. The minimum absolute atomic E-state index is 0.369. The van der Waals surface area contributed by atoms with Gasteiger partial charge in [-0.1, -0.05) is 55.3 Å². The molecular weight excluding hydrogens is 336 g/mol. The van der Waals surface area contributed by atoms with E-state index < -0.39 is 0 Å². The quantitative estimate of drug-likeness (QED) is 0.419. The fourth-order valence-electron chi connectivity index (χ4n) is 5.51. The summed E-state index contributed by atoms with van der Waals surface area (Å²) in [6, 6.07) is 2.08. The maximum atomic E-state index is 5.26. The van der Waals surface area contributed by atoms with Crippen LogP contribution >= 0.6 is 15.9 Å². The van der Waals surface area contributed by atoms with Crippen molar-refractivity contribution in [2.24, 2.45) is 22.7 Å². The number of hydrogen-bond donors (Lipinski definition) is 0. The Hall–Kier alpha value is -0.500. The van der Waals surface area contributed by atoms with Gasteiger partial charge in [0, 0.05) is 10.4 Å². The summed E-state index contributed by atoms with van der Waals surface area (Å²) in [6.45, 7) is 12.0. The molecule has 0 N–H and O–H groups in total. The molecule has 2 heteroatoms. The number of halogens is 1. The lowest BCUT2D eigenvalue weighted by Crippen LogP contribution is -2.49. The maximum absolute atomic E-state index is 5.26. The molecule has 2 aliphatic rings. The van der Waals surface area contributed by atoms with Gasteiger partial charge in [-0.2, -0.15) is 0 Å². The highest BCUT2D eigenvalue weighted by atomic mass is 79.9. The van der Waals surface area contributed by atoms with E-state index in [9.17, 15) is 0 Å². The number of furan rings is 1. The molecule has 122 valence electrons. The topological polar surface area (TPSA) is 13.1 Å². The summed E-state index contributed by atoms with van der Waals surface area (Å²) < 4.78 is 5.26. The fraction of sp³-hybridized carbons (Fsp3) is 0.700. The van der Waals surface area contributed by atoms with Crippen molar-refractivity contribution in [3.63, 3.8) is 0 Å². The van der Waals surface area contributed by atoms with E-state index in [1.54, 1.807) is 6.26 Å². The molecule has 1 aromatic heterocycles. The van der Waals surface area contributed by atoms with Gasteiger partial charge in [-0.05, 0) is 60.8 Å². The molecule has 22 heavy (non-hydrogen) atoms. The molecule has 3 rings (SSSR count). The molecule has 4 atom stereocenters.